The fourth-order valence-corrected chi connectivity index (χ4v) is 3.04. The van der Waals surface area contributed by atoms with Gasteiger partial charge in [-0.25, -0.2) is 4.79 Å². The van der Waals surface area contributed by atoms with E-state index < -0.39 is 17.2 Å². The predicted molar refractivity (Wildman–Crippen MR) is 120 cm³/mol. The molecule has 0 saturated heterocycles. The monoisotopic (exact) mass is 438 g/mol. The molecule has 1 amide bonds. The molecular weight excluding hydrogens is 412 g/mol. The van der Waals surface area contributed by atoms with Crippen molar-refractivity contribution in [3.63, 3.8) is 0 Å². The highest BCUT2D eigenvalue weighted by Gasteiger charge is 2.21. The van der Waals surface area contributed by atoms with E-state index in [1.165, 1.54) is 14.2 Å². The zero-order chi connectivity index (χ0) is 23.3. The Labute approximate surface area is 185 Å². The van der Waals surface area contributed by atoms with Gasteiger partial charge in [0.2, 0.25) is 5.69 Å². The minimum Gasteiger partial charge on any atom is -0.497 e. The van der Waals surface area contributed by atoms with Crippen LogP contribution in [0.4, 0.5) is 0 Å². The predicted octanol–water partition coefficient (Wildman–Crippen LogP) is 1.99. The molecule has 168 valence electrons. The van der Waals surface area contributed by atoms with E-state index in [4.69, 9.17) is 9.47 Å². The summed E-state index contributed by atoms with van der Waals surface area (Å²) in [5.74, 6) is 0.557. The lowest BCUT2D eigenvalue weighted by atomic mass is 10.2. The van der Waals surface area contributed by atoms with Crippen molar-refractivity contribution in [3.05, 3.63) is 80.6 Å². The van der Waals surface area contributed by atoms with E-state index in [2.05, 4.69) is 10.4 Å². The van der Waals surface area contributed by atoms with Crippen molar-refractivity contribution in [2.45, 2.75) is 32.9 Å². The average molecular weight is 438 g/mol. The van der Waals surface area contributed by atoms with E-state index in [1.54, 1.807) is 48.5 Å². The first-order valence-electron chi connectivity index (χ1n) is 10.2. The average Bonchev–Trinajstić information content (AvgIpc) is 2.82. The van der Waals surface area contributed by atoms with E-state index in [9.17, 15) is 14.4 Å². The molecule has 2 aromatic carbocycles. The van der Waals surface area contributed by atoms with Crippen LogP contribution in [0, 0.1) is 0 Å². The van der Waals surface area contributed by atoms with Crippen LogP contribution in [-0.2, 0) is 6.54 Å². The Balaban J connectivity index is 2.17. The van der Waals surface area contributed by atoms with Crippen molar-refractivity contribution in [1.29, 1.82) is 0 Å². The summed E-state index contributed by atoms with van der Waals surface area (Å²) in [6.45, 7) is 3.70. The van der Waals surface area contributed by atoms with Crippen LogP contribution in [0.15, 0.2) is 58.1 Å². The third kappa shape index (κ3) is 4.88. The molecule has 0 aliphatic heterocycles. The minimum atomic E-state index is -0.761. The summed E-state index contributed by atoms with van der Waals surface area (Å²) in [6.07, 6.45) is 0.682. The number of methoxy groups -OCH3 is 2. The molecule has 0 aliphatic carbocycles. The number of nitrogens with zero attached hydrogens (tertiary/aromatic N) is 3. The van der Waals surface area contributed by atoms with Gasteiger partial charge >= 0.3 is 5.69 Å². The van der Waals surface area contributed by atoms with Crippen LogP contribution in [0.1, 0.15) is 36.3 Å². The lowest BCUT2D eigenvalue weighted by Gasteiger charge is -2.14. The van der Waals surface area contributed by atoms with Gasteiger partial charge in [-0.1, -0.05) is 19.1 Å². The molecule has 1 aromatic heterocycles. The van der Waals surface area contributed by atoms with Gasteiger partial charge in [0.25, 0.3) is 11.5 Å². The Morgan fingerprint density at radius 3 is 2.38 bits per heavy atom. The maximum Gasteiger partial charge on any atom is 0.352 e. The van der Waals surface area contributed by atoms with Crippen LogP contribution in [-0.4, -0.2) is 40.5 Å². The minimum absolute atomic E-state index is 0.0445. The SMILES string of the molecule is CCC(C)NC(=O)c1nn(-c2ccc(OC)cc2)c(=O)n(Cc2cccc(OC)c2)c1=O. The summed E-state index contributed by atoms with van der Waals surface area (Å²) in [4.78, 5) is 39.1. The highest BCUT2D eigenvalue weighted by molar-refractivity contribution is 5.91. The third-order valence-electron chi connectivity index (χ3n) is 5.06. The molecule has 32 heavy (non-hydrogen) atoms. The van der Waals surface area contributed by atoms with Gasteiger partial charge in [-0.2, -0.15) is 9.78 Å². The molecule has 3 rings (SSSR count). The second kappa shape index (κ2) is 9.95. The van der Waals surface area contributed by atoms with Crippen molar-refractivity contribution >= 4 is 5.91 Å². The maximum absolute atomic E-state index is 13.2. The highest BCUT2D eigenvalue weighted by atomic mass is 16.5. The fourth-order valence-electron chi connectivity index (χ4n) is 3.04. The molecule has 1 unspecified atom stereocenters. The Morgan fingerprint density at radius 2 is 1.75 bits per heavy atom. The lowest BCUT2D eigenvalue weighted by molar-refractivity contribution is 0.0929. The number of carbonyl (C=O) groups excluding carboxylic acids is 1. The number of nitrogens with one attached hydrogen (secondary N) is 1. The number of aromatic nitrogens is 3. The van der Waals surface area contributed by atoms with Gasteiger partial charge in [-0.15, -0.1) is 0 Å². The maximum atomic E-state index is 13.2. The van der Waals surface area contributed by atoms with Gasteiger partial charge in [0.05, 0.1) is 26.5 Å². The van der Waals surface area contributed by atoms with E-state index in [-0.39, 0.29) is 18.3 Å². The summed E-state index contributed by atoms with van der Waals surface area (Å²) in [5, 5.41) is 6.86. The van der Waals surface area contributed by atoms with Crippen molar-refractivity contribution in [2.24, 2.45) is 0 Å². The normalized spacial score (nSPS) is 11.6. The first-order valence-corrected chi connectivity index (χ1v) is 10.2. The molecule has 0 aliphatic rings. The molecule has 9 nitrogen and oxygen atoms in total. The topological polar surface area (TPSA) is 104 Å². The molecule has 1 heterocycles. The third-order valence-corrected chi connectivity index (χ3v) is 5.06. The van der Waals surface area contributed by atoms with Crippen LogP contribution in [0.3, 0.4) is 0 Å². The number of ether oxygens (including phenoxy) is 2. The van der Waals surface area contributed by atoms with E-state index in [0.29, 0.717) is 29.2 Å². The standard InChI is InChI=1S/C23H26N4O5/c1-5-15(2)24-21(28)20-22(29)26(14-16-7-6-8-19(13-16)32-4)23(30)27(25-20)17-9-11-18(31-3)12-10-17/h6-13,15H,5,14H2,1-4H3,(H,24,28). The molecule has 9 heteroatoms. The molecule has 0 bridgehead atoms. The van der Waals surface area contributed by atoms with Crippen molar-refractivity contribution < 1.29 is 14.3 Å². The van der Waals surface area contributed by atoms with E-state index >= 15 is 0 Å². The Morgan fingerprint density at radius 1 is 1.06 bits per heavy atom. The summed E-state index contributed by atoms with van der Waals surface area (Å²) >= 11 is 0. The zero-order valence-electron chi connectivity index (χ0n) is 18.5. The molecule has 0 spiro atoms. The van der Waals surface area contributed by atoms with Crippen LogP contribution < -0.4 is 26.0 Å². The molecule has 0 fully saturated rings. The number of hydrogen-bond acceptors (Lipinski definition) is 6. The van der Waals surface area contributed by atoms with Crippen LogP contribution >= 0.6 is 0 Å². The van der Waals surface area contributed by atoms with Crippen molar-refractivity contribution in [2.75, 3.05) is 14.2 Å². The molecule has 1 atom stereocenters. The van der Waals surface area contributed by atoms with Crippen LogP contribution in [0.25, 0.3) is 5.69 Å². The fraction of sp³-hybridized carbons (Fsp3) is 0.304. The van der Waals surface area contributed by atoms with Crippen LogP contribution in [0.2, 0.25) is 0 Å². The molecule has 3 aromatic rings. The largest absolute Gasteiger partial charge is 0.497 e. The zero-order valence-corrected chi connectivity index (χ0v) is 18.5. The summed E-state index contributed by atoms with van der Waals surface area (Å²) in [6, 6.07) is 13.5. The number of carbonyl (C=O) groups is 1. The second-order valence-electron chi connectivity index (χ2n) is 7.27. The second-order valence-corrected chi connectivity index (χ2v) is 7.27. The van der Waals surface area contributed by atoms with Gasteiger partial charge in [0.15, 0.2) is 0 Å². The summed E-state index contributed by atoms with van der Waals surface area (Å²) in [7, 11) is 3.07. The quantitative estimate of drug-likeness (QED) is 0.577. The smallest absolute Gasteiger partial charge is 0.352 e. The molecule has 1 N–H and O–H groups in total. The Kier molecular flexibility index (Phi) is 7.09. The van der Waals surface area contributed by atoms with Crippen molar-refractivity contribution in [1.82, 2.24) is 19.7 Å². The first kappa shape index (κ1) is 22.8. The van der Waals surface area contributed by atoms with Gasteiger partial charge in [0.1, 0.15) is 11.5 Å². The lowest BCUT2D eigenvalue weighted by Crippen LogP contribution is -2.47. The molecular formula is C23H26N4O5. The first-order chi connectivity index (χ1) is 15.4. The van der Waals surface area contributed by atoms with Gasteiger partial charge in [0, 0.05) is 6.04 Å². The number of rotatable bonds is 8. The summed E-state index contributed by atoms with van der Waals surface area (Å²) < 4.78 is 12.4. The van der Waals surface area contributed by atoms with E-state index in [1.807, 2.05) is 13.8 Å². The van der Waals surface area contributed by atoms with Crippen LogP contribution in [0.5, 0.6) is 11.5 Å². The van der Waals surface area contributed by atoms with Gasteiger partial charge < -0.3 is 14.8 Å². The van der Waals surface area contributed by atoms with Gasteiger partial charge in [-0.3, -0.25) is 14.2 Å². The molecule has 0 saturated carbocycles. The van der Waals surface area contributed by atoms with Crippen molar-refractivity contribution in [3.8, 4) is 17.2 Å². The number of benzene rings is 2. The Bertz CT molecular complexity index is 1210. The summed E-state index contributed by atoms with van der Waals surface area (Å²) in [5.41, 5.74) is -0.716. The highest BCUT2D eigenvalue weighted by Crippen LogP contribution is 2.14. The Hall–Kier alpha value is -3.88. The van der Waals surface area contributed by atoms with E-state index in [0.717, 1.165) is 9.25 Å². The molecule has 0 radical (unpaired) electrons. The van der Waals surface area contributed by atoms with Gasteiger partial charge in [-0.05, 0) is 55.3 Å². The number of hydrogen-bond donors (Lipinski definition) is 1. The number of amides is 1.